The molecule has 1 aromatic rings. The predicted octanol–water partition coefficient (Wildman–Crippen LogP) is -0.550. The Labute approximate surface area is 84.6 Å². The lowest BCUT2D eigenvalue weighted by atomic mass is 10.0. The molecular formula is C7H10N4O2S. The highest BCUT2D eigenvalue weighted by molar-refractivity contribution is 7.03. The van der Waals surface area contributed by atoms with Gasteiger partial charge >= 0.3 is 0 Å². The smallest absolute Gasteiger partial charge is 0.232 e. The minimum Gasteiger partial charge on any atom is -0.379 e. The molecule has 2 unspecified atom stereocenters. The quantitative estimate of drug-likeness (QED) is 0.689. The zero-order chi connectivity index (χ0) is 9.97. The van der Waals surface area contributed by atoms with Crippen molar-refractivity contribution in [1.82, 2.24) is 9.59 Å². The summed E-state index contributed by atoms with van der Waals surface area (Å²) in [6, 6.07) is -0.221. The summed E-state index contributed by atoms with van der Waals surface area (Å²) < 4.78 is 8.73. The maximum atomic E-state index is 11.6. The lowest BCUT2D eigenvalue weighted by Gasteiger charge is -2.11. The van der Waals surface area contributed by atoms with Gasteiger partial charge in [0, 0.05) is 6.04 Å². The van der Waals surface area contributed by atoms with Crippen molar-refractivity contribution >= 4 is 23.3 Å². The Kier molecular flexibility index (Phi) is 2.71. The van der Waals surface area contributed by atoms with Gasteiger partial charge in [-0.25, -0.2) is 0 Å². The number of nitrogens with two attached hydrogens (primary N) is 1. The van der Waals surface area contributed by atoms with E-state index in [2.05, 4.69) is 14.9 Å². The molecule has 76 valence electrons. The molecule has 0 saturated carbocycles. The minimum absolute atomic E-state index is 0.150. The fraction of sp³-hybridized carbons (Fsp3) is 0.571. The first kappa shape index (κ1) is 9.50. The first-order chi connectivity index (χ1) is 6.77. The van der Waals surface area contributed by atoms with E-state index in [9.17, 15) is 4.79 Å². The molecule has 0 bridgehead atoms. The Balaban J connectivity index is 1.95. The van der Waals surface area contributed by atoms with Crippen LogP contribution in [-0.4, -0.2) is 34.7 Å². The van der Waals surface area contributed by atoms with Crippen LogP contribution in [0.5, 0.6) is 0 Å². The molecule has 1 saturated heterocycles. The first-order valence-corrected chi connectivity index (χ1v) is 5.02. The zero-order valence-corrected chi connectivity index (χ0v) is 8.16. The summed E-state index contributed by atoms with van der Waals surface area (Å²) >= 11 is 1.19. The number of hydrogen-bond acceptors (Lipinski definition) is 6. The van der Waals surface area contributed by atoms with Gasteiger partial charge in [-0.1, -0.05) is 4.49 Å². The Morgan fingerprint density at radius 2 is 2.57 bits per heavy atom. The molecule has 0 aliphatic carbocycles. The third-order valence-electron chi connectivity index (χ3n) is 2.07. The van der Waals surface area contributed by atoms with Crippen molar-refractivity contribution in [1.29, 1.82) is 0 Å². The molecule has 6 nitrogen and oxygen atoms in total. The van der Waals surface area contributed by atoms with Gasteiger partial charge in [-0.05, 0) is 11.5 Å². The van der Waals surface area contributed by atoms with E-state index in [0.717, 1.165) is 0 Å². The van der Waals surface area contributed by atoms with Crippen LogP contribution >= 0.6 is 11.5 Å². The summed E-state index contributed by atoms with van der Waals surface area (Å²) in [7, 11) is 0. The molecule has 1 aliphatic rings. The molecule has 3 N–H and O–H groups in total. The summed E-state index contributed by atoms with van der Waals surface area (Å²) in [6.07, 6.45) is 0. The molecule has 7 heteroatoms. The number of carbonyl (C=O) groups is 1. The van der Waals surface area contributed by atoms with Crippen LogP contribution in [0.2, 0.25) is 0 Å². The van der Waals surface area contributed by atoms with Crippen LogP contribution in [0.25, 0.3) is 0 Å². The van der Waals surface area contributed by atoms with Crippen LogP contribution < -0.4 is 11.1 Å². The summed E-state index contributed by atoms with van der Waals surface area (Å²) in [4.78, 5) is 11.6. The molecule has 2 atom stereocenters. The van der Waals surface area contributed by atoms with E-state index in [4.69, 9.17) is 10.5 Å². The Bertz CT molecular complexity index is 315. The molecule has 1 aliphatic heterocycles. The van der Waals surface area contributed by atoms with E-state index in [0.29, 0.717) is 19.0 Å². The number of nitrogens with one attached hydrogen (secondary N) is 1. The van der Waals surface area contributed by atoms with Crippen molar-refractivity contribution in [3.05, 3.63) is 5.38 Å². The van der Waals surface area contributed by atoms with E-state index in [-0.39, 0.29) is 17.9 Å². The largest absolute Gasteiger partial charge is 0.379 e. The van der Waals surface area contributed by atoms with Gasteiger partial charge in [0.1, 0.15) is 0 Å². The summed E-state index contributed by atoms with van der Waals surface area (Å²) in [5, 5.41) is 8.01. The maximum absolute atomic E-state index is 11.6. The Morgan fingerprint density at radius 1 is 1.71 bits per heavy atom. The molecule has 0 spiro atoms. The maximum Gasteiger partial charge on any atom is 0.232 e. The van der Waals surface area contributed by atoms with Crippen LogP contribution in [0.4, 0.5) is 5.82 Å². The third kappa shape index (κ3) is 1.89. The molecular weight excluding hydrogens is 204 g/mol. The molecule has 1 fully saturated rings. The van der Waals surface area contributed by atoms with Gasteiger partial charge in [0.15, 0.2) is 5.82 Å². The minimum atomic E-state index is -0.281. The average Bonchev–Trinajstić information content (AvgIpc) is 2.75. The topological polar surface area (TPSA) is 90.1 Å². The monoisotopic (exact) mass is 214 g/mol. The van der Waals surface area contributed by atoms with Crippen molar-refractivity contribution in [2.45, 2.75) is 6.04 Å². The summed E-state index contributed by atoms with van der Waals surface area (Å²) in [6.45, 7) is 0.817. The number of rotatable bonds is 2. The number of nitrogens with zero attached hydrogens (tertiary/aromatic N) is 2. The van der Waals surface area contributed by atoms with Crippen molar-refractivity contribution in [2.24, 2.45) is 11.7 Å². The van der Waals surface area contributed by atoms with Gasteiger partial charge < -0.3 is 15.8 Å². The SMILES string of the molecule is NC1COCC1C(=O)Nc1csnn1. The van der Waals surface area contributed by atoms with Crippen molar-refractivity contribution in [3.8, 4) is 0 Å². The highest BCUT2D eigenvalue weighted by atomic mass is 32.1. The first-order valence-electron chi connectivity index (χ1n) is 4.18. The standard InChI is InChI=1S/C7H10N4O2S/c8-5-2-13-1-4(5)7(12)9-6-3-14-11-10-6/h3-5H,1-2,8H2,(H,9,12). The van der Waals surface area contributed by atoms with Crippen LogP contribution in [0.1, 0.15) is 0 Å². The predicted molar refractivity (Wildman–Crippen MR) is 50.8 cm³/mol. The number of amides is 1. The molecule has 0 aromatic carbocycles. The zero-order valence-electron chi connectivity index (χ0n) is 7.34. The molecule has 1 amide bonds. The Morgan fingerprint density at radius 3 is 3.14 bits per heavy atom. The normalized spacial score (nSPS) is 26.4. The van der Waals surface area contributed by atoms with Gasteiger partial charge in [-0.3, -0.25) is 4.79 Å². The lowest BCUT2D eigenvalue weighted by Crippen LogP contribution is -2.37. The van der Waals surface area contributed by atoms with Crippen LogP contribution in [0.15, 0.2) is 5.38 Å². The van der Waals surface area contributed by atoms with Crippen LogP contribution in [0.3, 0.4) is 0 Å². The van der Waals surface area contributed by atoms with Crippen LogP contribution in [-0.2, 0) is 9.53 Å². The average molecular weight is 214 g/mol. The van der Waals surface area contributed by atoms with Gasteiger partial charge in [0.25, 0.3) is 0 Å². The highest BCUT2D eigenvalue weighted by Crippen LogP contribution is 2.14. The molecule has 2 rings (SSSR count). The van der Waals surface area contributed by atoms with E-state index >= 15 is 0 Å². The van der Waals surface area contributed by atoms with Crippen molar-refractivity contribution in [3.63, 3.8) is 0 Å². The summed E-state index contributed by atoms with van der Waals surface area (Å²) in [5.41, 5.74) is 5.69. The van der Waals surface area contributed by atoms with Crippen molar-refractivity contribution < 1.29 is 9.53 Å². The van der Waals surface area contributed by atoms with E-state index < -0.39 is 0 Å². The number of aromatic nitrogens is 2. The second-order valence-electron chi connectivity index (χ2n) is 3.09. The number of carbonyl (C=O) groups excluding carboxylic acids is 1. The van der Waals surface area contributed by atoms with Crippen LogP contribution in [0, 0.1) is 5.92 Å². The number of hydrogen-bond donors (Lipinski definition) is 2. The fourth-order valence-corrected chi connectivity index (χ4v) is 1.67. The fourth-order valence-electron chi connectivity index (χ4n) is 1.28. The second kappa shape index (κ2) is 3.99. The molecule has 2 heterocycles. The van der Waals surface area contributed by atoms with Gasteiger partial charge in [-0.15, -0.1) is 5.10 Å². The molecule has 1 aromatic heterocycles. The van der Waals surface area contributed by atoms with Crippen molar-refractivity contribution in [2.75, 3.05) is 18.5 Å². The van der Waals surface area contributed by atoms with Gasteiger partial charge in [0.05, 0.1) is 24.5 Å². The number of anilines is 1. The second-order valence-corrected chi connectivity index (χ2v) is 3.70. The molecule has 0 radical (unpaired) electrons. The molecule has 14 heavy (non-hydrogen) atoms. The Hall–Kier alpha value is -1.05. The van der Waals surface area contributed by atoms with E-state index in [1.54, 1.807) is 5.38 Å². The van der Waals surface area contributed by atoms with Gasteiger partial charge in [-0.2, -0.15) is 0 Å². The van der Waals surface area contributed by atoms with E-state index in [1.807, 2.05) is 0 Å². The van der Waals surface area contributed by atoms with E-state index in [1.165, 1.54) is 11.5 Å². The highest BCUT2D eigenvalue weighted by Gasteiger charge is 2.31. The third-order valence-corrected chi connectivity index (χ3v) is 2.58. The lowest BCUT2D eigenvalue weighted by molar-refractivity contribution is -0.120. The number of ether oxygens (including phenoxy) is 1. The van der Waals surface area contributed by atoms with Gasteiger partial charge in [0.2, 0.25) is 5.91 Å². The summed E-state index contributed by atoms with van der Waals surface area (Å²) in [5.74, 6) is 0.0403.